The average Bonchev–Trinajstić information content (AvgIpc) is 3.35. The number of aromatic nitrogens is 4. The Morgan fingerprint density at radius 2 is 2.04 bits per heavy atom. The maximum Gasteiger partial charge on any atom is 0.277 e. The van der Waals surface area contributed by atoms with Crippen molar-refractivity contribution in [2.24, 2.45) is 0 Å². The zero-order chi connectivity index (χ0) is 17.9. The molecule has 0 aliphatic carbocycles. The van der Waals surface area contributed by atoms with Gasteiger partial charge in [0.2, 0.25) is 5.76 Å². The molecule has 0 fully saturated rings. The Balaban J connectivity index is 1.41. The van der Waals surface area contributed by atoms with E-state index in [1.807, 2.05) is 0 Å². The first-order chi connectivity index (χ1) is 12.7. The molecule has 4 rings (SSSR count). The number of amides is 1. The maximum absolute atomic E-state index is 12.3. The van der Waals surface area contributed by atoms with Gasteiger partial charge in [-0.1, -0.05) is 22.5 Å². The second-order valence-electron chi connectivity index (χ2n) is 5.44. The number of benzene rings is 1. The standard InChI is InChI=1S/C17H13N5O4/c23-16(13-10-15(26-20-13)14-6-3-9-25-14)18-7-8-22-17(24)11-4-1-2-5-12(11)19-21-22/h1-6,9-10H,7-8H2,(H,18,23). The van der Waals surface area contributed by atoms with Crippen molar-refractivity contribution in [2.45, 2.75) is 6.54 Å². The molecule has 0 radical (unpaired) electrons. The first kappa shape index (κ1) is 15.8. The fraction of sp³-hybridized carbons (Fsp3) is 0.118. The van der Waals surface area contributed by atoms with Gasteiger partial charge in [0.15, 0.2) is 11.5 Å². The van der Waals surface area contributed by atoms with Crippen LogP contribution in [0.1, 0.15) is 10.5 Å². The summed E-state index contributed by atoms with van der Waals surface area (Å²) in [7, 11) is 0. The van der Waals surface area contributed by atoms with Gasteiger partial charge in [-0.2, -0.15) is 0 Å². The van der Waals surface area contributed by atoms with E-state index in [2.05, 4.69) is 20.8 Å². The molecule has 0 saturated heterocycles. The lowest BCUT2D eigenvalue weighted by Gasteiger charge is -2.05. The fourth-order valence-electron chi connectivity index (χ4n) is 2.45. The predicted octanol–water partition coefficient (Wildman–Crippen LogP) is 1.47. The van der Waals surface area contributed by atoms with Crippen LogP contribution in [0.3, 0.4) is 0 Å². The fourth-order valence-corrected chi connectivity index (χ4v) is 2.45. The Morgan fingerprint density at radius 1 is 1.15 bits per heavy atom. The summed E-state index contributed by atoms with van der Waals surface area (Å²) in [5, 5.41) is 14.7. The minimum absolute atomic E-state index is 0.119. The van der Waals surface area contributed by atoms with Crippen molar-refractivity contribution in [2.75, 3.05) is 6.54 Å². The average molecular weight is 351 g/mol. The molecular weight excluding hydrogens is 338 g/mol. The topological polar surface area (TPSA) is 116 Å². The Kier molecular flexibility index (Phi) is 4.02. The van der Waals surface area contributed by atoms with Gasteiger partial charge >= 0.3 is 0 Å². The van der Waals surface area contributed by atoms with Gasteiger partial charge in [-0.25, -0.2) is 4.68 Å². The molecule has 0 bridgehead atoms. The zero-order valence-corrected chi connectivity index (χ0v) is 13.5. The Bertz CT molecular complexity index is 1110. The maximum atomic E-state index is 12.3. The van der Waals surface area contributed by atoms with E-state index < -0.39 is 5.91 Å². The molecule has 0 saturated carbocycles. The Morgan fingerprint density at radius 3 is 2.88 bits per heavy atom. The van der Waals surface area contributed by atoms with E-state index in [0.717, 1.165) is 0 Å². The van der Waals surface area contributed by atoms with Crippen LogP contribution in [0.2, 0.25) is 0 Å². The Hall–Kier alpha value is -3.75. The van der Waals surface area contributed by atoms with Gasteiger partial charge in [-0.3, -0.25) is 9.59 Å². The van der Waals surface area contributed by atoms with E-state index in [0.29, 0.717) is 22.4 Å². The summed E-state index contributed by atoms with van der Waals surface area (Å²) >= 11 is 0. The second kappa shape index (κ2) is 6.63. The highest BCUT2D eigenvalue weighted by atomic mass is 16.5. The van der Waals surface area contributed by atoms with Gasteiger partial charge in [0.25, 0.3) is 11.5 Å². The summed E-state index contributed by atoms with van der Waals surface area (Å²) in [5.74, 6) is 0.416. The van der Waals surface area contributed by atoms with Gasteiger partial charge in [-0.15, -0.1) is 5.10 Å². The minimum atomic E-state index is -0.423. The molecule has 3 heterocycles. The van der Waals surface area contributed by atoms with Crippen molar-refractivity contribution in [3.05, 3.63) is 64.8 Å². The van der Waals surface area contributed by atoms with Crippen LogP contribution in [0.5, 0.6) is 0 Å². The van der Waals surface area contributed by atoms with Crippen LogP contribution >= 0.6 is 0 Å². The third-order valence-electron chi connectivity index (χ3n) is 3.75. The summed E-state index contributed by atoms with van der Waals surface area (Å²) < 4.78 is 11.5. The molecule has 4 aromatic rings. The predicted molar refractivity (Wildman–Crippen MR) is 90.3 cm³/mol. The van der Waals surface area contributed by atoms with E-state index >= 15 is 0 Å². The Labute approximate surface area is 146 Å². The number of fused-ring (bicyclic) bond motifs is 1. The van der Waals surface area contributed by atoms with Crippen molar-refractivity contribution in [1.29, 1.82) is 0 Å². The van der Waals surface area contributed by atoms with E-state index in [1.54, 1.807) is 36.4 Å². The summed E-state index contributed by atoms with van der Waals surface area (Å²) in [5.41, 5.74) is 0.394. The number of rotatable bonds is 5. The highest BCUT2D eigenvalue weighted by molar-refractivity contribution is 5.92. The number of nitrogens with one attached hydrogen (secondary N) is 1. The zero-order valence-electron chi connectivity index (χ0n) is 13.5. The van der Waals surface area contributed by atoms with Gasteiger partial charge < -0.3 is 14.3 Å². The molecule has 130 valence electrons. The minimum Gasteiger partial charge on any atom is -0.461 e. The third kappa shape index (κ3) is 2.97. The third-order valence-corrected chi connectivity index (χ3v) is 3.75. The molecule has 1 N–H and O–H groups in total. The lowest BCUT2D eigenvalue weighted by molar-refractivity contribution is 0.0942. The van der Waals surface area contributed by atoms with Crippen molar-refractivity contribution >= 4 is 16.8 Å². The molecule has 1 aromatic carbocycles. The van der Waals surface area contributed by atoms with Crippen LogP contribution in [0, 0.1) is 0 Å². The van der Waals surface area contributed by atoms with Crippen LogP contribution in [0.4, 0.5) is 0 Å². The second-order valence-corrected chi connectivity index (χ2v) is 5.44. The van der Waals surface area contributed by atoms with E-state index in [4.69, 9.17) is 8.94 Å². The van der Waals surface area contributed by atoms with Crippen molar-refractivity contribution < 1.29 is 13.7 Å². The molecule has 0 aliphatic rings. The number of hydrogen-bond acceptors (Lipinski definition) is 7. The summed E-state index contributed by atoms with van der Waals surface area (Å²) in [6.45, 7) is 0.375. The summed E-state index contributed by atoms with van der Waals surface area (Å²) in [6.07, 6.45) is 1.50. The first-order valence-corrected chi connectivity index (χ1v) is 7.84. The largest absolute Gasteiger partial charge is 0.461 e. The van der Waals surface area contributed by atoms with Gasteiger partial charge in [0, 0.05) is 12.6 Å². The highest BCUT2D eigenvalue weighted by Gasteiger charge is 2.15. The van der Waals surface area contributed by atoms with Gasteiger partial charge in [-0.05, 0) is 24.3 Å². The lowest BCUT2D eigenvalue weighted by atomic mass is 10.2. The van der Waals surface area contributed by atoms with Crippen LogP contribution in [0.15, 0.2) is 62.5 Å². The molecule has 0 atom stereocenters. The first-order valence-electron chi connectivity index (χ1n) is 7.84. The van der Waals surface area contributed by atoms with E-state index in [9.17, 15) is 9.59 Å². The molecule has 9 heteroatoms. The number of furan rings is 1. The quantitative estimate of drug-likeness (QED) is 0.579. The molecule has 9 nitrogen and oxygen atoms in total. The van der Waals surface area contributed by atoms with Crippen molar-refractivity contribution in [3.8, 4) is 11.5 Å². The van der Waals surface area contributed by atoms with E-state index in [1.165, 1.54) is 17.0 Å². The molecule has 0 aliphatic heterocycles. The molecule has 0 unspecified atom stereocenters. The molecule has 26 heavy (non-hydrogen) atoms. The monoisotopic (exact) mass is 351 g/mol. The molecule has 0 spiro atoms. The van der Waals surface area contributed by atoms with Crippen LogP contribution in [-0.4, -0.2) is 32.6 Å². The molecule has 1 amide bonds. The van der Waals surface area contributed by atoms with Gasteiger partial charge in [0.1, 0.15) is 5.52 Å². The summed E-state index contributed by atoms with van der Waals surface area (Å²) in [6, 6.07) is 11.8. The van der Waals surface area contributed by atoms with Crippen LogP contribution < -0.4 is 10.9 Å². The molecular formula is C17H13N5O4. The summed E-state index contributed by atoms with van der Waals surface area (Å²) in [4.78, 5) is 24.4. The highest BCUT2D eigenvalue weighted by Crippen LogP contribution is 2.20. The van der Waals surface area contributed by atoms with Crippen LogP contribution in [0.25, 0.3) is 22.4 Å². The lowest BCUT2D eigenvalue weighted by Crippen LogP contribution is -2.32. The SMILES string of the molecule is O=C(NCCn1nnc2ccccc2c1=O)c1cc(-c2ccco2)on1. The van der Waals surface area contributed by atoms with Gasteiger partial charge in [0.05, 0.1) is 18.2 Å². The smallest absolute Gasteiger partial charge is 0.277 e. The normalized spacial score (nSPS) is 10.9. The number of nitrogens with zero attached hydrogens (tertiary/aromatic N) is 4. The number of hydrogen-bond donors (Lipinski definition) is 1. The van der Waals surface area contributed by atoms with Crippen molar-refractivity contribution in [3.63, 3.8) is 0 Å². The molecule has 3 aromatic heterocycles. The van der Waals surface area contributed by atoms with E-state index in [-0.39, 0.29) is 24.3 Å². The van der Waals surface area contributed by atoms with Crippen LogP contribution in [-0.2, 0) is 6.54 Å². The number of carbonyl (C=O) groups is 1. The number of carbonyl (C=O) groups excluding carboxylic acids is 1. The van der Waals surface area contributed by atoms with Crippen molar-refractivity contribution in [1.82, 2.24) is 25.5 Å².